The summed E-state index contributed by atoms with van der Waals surface area (Å²) < 4.78 is 0. The summed E-state index contributed by atoms with van der Waals surface area (Å²) in [5.74, 6) is 0.100. The highest BCUT2D eigenvalue weighted by Crippen LogP contribution is 2.37. The van der Waals surface area contributed by atoms with E-state index >= 15 is 0 Å². The van der Waals surface area contributed by atoms with Crippen LogP contribution < -0.4 is 11.1 Å². The van der Waals surface area contributed by atoms with Crippen LogP contribution >= 0.6 is 11.3 Å². The summed E-state index contributed by atoms with van der Waals surface area (Å²) in [5, 5.41) is 5.12. The lowest BCUT2D eigenvalue weighted by atomic mass is 9.84. The van der Waals surface area contributed by atoms with Crippen LogP contribution in [0.4, 0.5) is 0 Å². The molecule has 3 atom stereocenters. The highest BCUT2D eigenvalue weighted by atomic mass is 32.1. The predicted octanol–water partition coefficient (Wildman–Crippen LogP) is 2.44. The lowest BCUT2D eigenvalue weighted by Gasteiger charge is -2.29. The number of amides is 1. The summed E-state index contributed by atoms with van der Waals surface area (Å²) >= 11 is 1.67. The molecule has 1 aliphatic rings. The molecule has 2 rings (SSSR count). The third-order valence-electron chi connectivity index (χ3n) is 3.87. The highest BCUT2D eigenvalue weighted by Gasteiger charge is 2.43. The molecule has 1 amide bonds. The fraction of sp³-hybridized carbons (Fsp3) is 0.615. The van der Waals surface area contributed by atoms with Crippen molar-refractivity contribution in [1.29, 1.82) is 0 Å². The van der Waals surface area contributed by atoms with Crippen molar-refractivity contribution in [2.24, 2.45) is 11.1 Å². The Kier molecular flexibility index (Phi) is 3.54. The summed E-state index contributed by atoms with van der Waals surface area (Å²) in [4.78, 5) is 13.5. The maximum Gasteiger partial charge on any atom is 0.228 e. The smallest absolute Gasteiger partial charge is 0.228 e. The fourth-order valence-electron chi connectivity index (χ4n) is 2.45. The van der Waals surface area contributed by atoms with Crippen molar-refractivity contribution >= 4 is 17.2 Å². The number of hydrogen-bond donors (Lipinski definition) is 2. The Morgan fingerprint density at radius 3 is 3.00 bits per heavy atom. The number of carbonyl (C=O) groups is 1. The first-order chi connectivity index (χ1) is 8.04. The van der Waals surface area contributed by atoms with Crippen LogP contribution in [-0.4, -0.2) is 11.9 Å². The van der Waals surface area contributed by atoms with E-state index in [1.807, 2.05) is 31.4 Å². The van der Waals surface area contributed by atoms with E-state index in [0.717, 1.165) is 19.3 Å². The monoisotopic (exact) mass is 252 g/mol. The van der Waals surface area contributed by atoms with Crippen molar-refractivity contribution in [2.75, 3.05) is 0 Å². The van der Waals surface area contributed by atoms with Crippen LogP contribution in [0.1, 0.15) is 44.0 Å². The van der Waals surface area contributed by atoms with Crippen LogP contribution in [0.15, 0.2) is 17.5 Å². The molecule has 0 aromatic carbocycles. The van der Waals surface area contributed by atoms with E-state index in [1.54, 1.807) is 11.3 Å². The van der Waals surface area contributed by atoms with Gasteiger partial charge in [0.1, 0.15) is 0 Å². The van der Waals surface area contributed by atoms with Gasteiger partial charge in [0, 0.05) is 10.9 Å². The normalized spacial score (nSPS) is 30.2. The molecule has 0 spiro atoms. The average molecular weight is 252 g/mol. The molecule has 1 aromatic rings. The first-order valence-corrected chi connectivity index (χ1v) is 7.02. The maximum atomic E-state index is 12.3. The standard InChI is InChI=1S/C13H20N2OS/c1-9(10-5-4-8-17-10)15-12(16)13(2)7-3-6-11(13)14/h4-5,8-9,11H,3,6-7,14H2,1-2H3,(H,15,16). The molecule has 0 aliphatic heterocycles. The molecule has 17 heavy (non-hydrogen) atoms. The molecule has 1 aromatic heterocycles. The second kappa shape index (κ2) is 4.78. The van der Waals surface area contributed by atoms with Crippen LogP contribution in [-0.2, 0) is 4.79 Å². The zero-order valence-electron chi connectivity index (χ0n) is 10.4. The Hall–Kier alpha value is -0.870. The Morgan fingerprint density at radius 2 is 2.47 bits per heavy atom. The molecule has 3 nitrogen and oxygen atoms in total. The molecule has 1 heterocycles. The second-order valence-corrected chi connectivity index (χ2v) is 6.11. The number of carbonyl (C=O) groups excluding carboxylic acids is 1. The van der Waals surface area contributed by atoms with Crippen molar-refractivity contribution in [2.45, 2.75) is 45.2 Å². The maximum absolute atomic E-state index is 12.3. The molecule has 1 aliphatic carbocycles. The van der Waals surface area contributed by atoms with Gasteiger partial charge in [0.2, 0.25) is 5.91 Å². The summed E-state index contributed by atoms with van der Waals surface area (Å²) in [5.41, 5.74) is 5.67. The number of hydrogen-bond acceptors (Lipinski definition) is 3. The SMILES string of the molecule is CC(NC(=O)C1(C)CCCC1N)c1cccs1. The van der Waals surface area contributed by atoms with Crippen molar-refractivity contribution in [3.63, 3.8) is 0 Å². The summed E-state index contributed by atoms with van der Waals surface area (Å²) in [6.07, 6.45) is 2.91. The van der Waals surface area contributed by atoms with E-state index in [4.69, 9.17) is 5.73 Å². The second-order valence-electron chi connectivity index (χ2n) is 5.13. The molecule has 0 radical (unpaired) electrons. The zero-order chi connectivity index (χ0) is 12.5. The van der Waals surface area contributed by atoms with Crippen LogP contribution in [0.5, 0.6) is 0 Å². The highest BCUT2D eigenvalue weighted by molar-refractivity contribution is 7.10. The molecule has 4 heteroatoms. The van der Waals surface area contributed by atoms with Crippen molar-refractivity contribution < 1.29 is 4.79 Å². The molecule has 94 valence electrons. The van der Waals surface area contributed by atoms with Crippen LogP contribution in [0.25, 0.3) is 0 Å². The number of thiophene rings is 1. The van der Waals surface area contributed by atoms with Gasteiger partial charge >= 0.3 is 0 Å². The van der Waals surface area contributed by atoms with Crippen molar-refractivity contribution in [3.8, 4) is 0 Å². The Bertz CT molecular complexity index is 390. The molecule has 3 N–H and O–H groups in total. The minimum atomic E-state index is -0.383. The van der Waals surface area contributed by atoms with Gasteiger partial charge in [-0.25, -0.2) is 0 Å². The topological polar surface area (TPSA) is 55.1 Å². The first kappa shape index (κ1) is 12.6. The van der Waals surface area contributed by atoms with E-state index in [0.29, 0.717) is 0 Å². The van der Waals surface area contributed by atoms with E-state index in [1.165, 1.54) is 4.88 Å². The van der Waals surface area contributed by atoms with E-state index in [-0.39, 0.29) is 23.4 Å². The van der Waals surface area contributed by atoms with Gasteiger partial charge in [0.25, 0.3) is 0 Å². The lowest BCUT2D eigenvalue weighted by molar-refractivity contribution is -0.131. The van der Waals surface area contributed by atoms with Crippen LogP contribution in [0, 0.1) is 5.41 Å². The fourth-order valence-corrected chi connectivity index (χ4v) is 3.18. The molecule has 3 unspecified atom stereocenters. The largest absolute Gasteiger partial charge is 0.348 e. The van der Waals surface area contributed by atoms with Gasteiger partial charge in [-0.2, -0.15) is 0 Å². The summed E-state index contributed by atoms with van der Waals surface area (Å²) in [7, 11) is 0. The molecule has 1 fully saturated rings. The third kappa shape index (κ3) is 2.38. The third-order valence-corrected chi connectivity index (χ3v) is 4.92. The number of rotatable bonds is 3. The van der Waals surface area contributed by atoms with E-state index < -0.39 is 0 Å². The predicted molar refractivity (Wildman–Crippen MR) is 70.8 cm³/mol. The minimum absolute atomic E-state index is 0.00182. The summed E-state index contributed by atoms with van der Waals surface area (Å²) in [6.45, 7) is 4.01. The quantitative estimate of drug-likeness (QED) is 0.868. The molecular formula is C13H20N2OS. The number of nitrogens with two attached hydrogens (primary N) is 1. The average Bonchev–Trinajstić information content (AvgIpc) is 2.90. The number of nitrogens with one attached hydrogen (secondary N) is 1. The molecule has 0 saturated heterocycles. The molecular weight excluding hydrogens is 232 g/mol. The minimum Gasteiger partial charge on any atom is -0.348 e. The Labute approximate surface area is 106 Å². The van der Waals surface area contributed by atoms with Gasteiger partial charge in [-0.1, -0.05) is 12.5 Å². The van der Waals surface area contributed by atoms with Crippen molar-refractivity contribution in [3.05, 3.63) is 22.4 Å². The molecule has 1 saturated carbocycles. The zero-order valence-corrected chi connectivity index (χ0v) is 11.2. The lowest BCUT2D eigenvalue weighted by Crippen LogP contribution is -2.47. The van der Waals surface area contributed by atoms with Gasteiger partial charge in [-0.15, -0.1) is 11.3 Å². The Balaban J connectivity index is 2.02. The van der Waals surface area contributed by atoms with Gasteiger partial charge in [-0.05, 0) is 38.1 Å². The van der Waals surface area contributed by atoms with Gasteiger partial charge in [-0.3, -0.25) is 4.79 Å². The van der Waals surface area contributed by atoms with Crippen LogP contribution in [0.3, 0.4) is 0 Å². The van der Waals surface area contributed by atoms with Gasteiger partial charge in [0.05, 0.1) is 11.5 Å². The van der Waals surface area contributed by atoms with E-state index in [9.17, 15) is 4.79 Å². The van der Waals surface area contributed by atoms with Crippen LogP contribution in [0.2, 0.25) is 0 Å². The van der Waals surface area contributed by atoms with Gasteiger partial charge in [0.15, 0.2) is 0 Å². The van der Waals surface area contributed by atoms with Crippen molar-refractivity contribution in [1.82, 2.24) is 5.32 Å². The van der Waals surface area contributed by atoms with Gasteiger partial charge < -0.3 is 11.1 Å². The summed E-state index contributed by atoms with van der Waals surface area (Å²) in [6, 6.07) is 4.13. The first-order valence-electron chi connectivity index (χ1n) is 6.14. The Morgan fingerprint density at radius 1 is 1.71 bits per heavy atom. The van der Waals surface area contributed by atoms with E-state index in [2.05, 4.69) is 5.32 Å². The molecule has 0 bridgehead atoms.